The minimum absolute atomic E-state index is 0.0275. The molecule has 4 saturated carbocycles. The van der Waals surface area contributed by atoms with Crippen LogP contribution in [0.25, 0.3) is 10.9 Å². The molecule has 3 aliphatic heterocycles. The molecule has 4 aliphatic carbocycles. The van der Waals surface area contributed by atoms with Gasteiger partial charge in [-0.3, -0.25) is 19.1 Å². The molecule has 4 heterocycles. The third kappa shape index (κ3) is 7.15. The van der Waals surface area contributed by atoms with Crippen molar-refractivity contribution in [3.05, 3.63) is 47.4 Å². The van der Waals surface area contributed by atoms with Crippen LogP contribution in [0.4, 0.5) is 9.18 Å². The van der Waals surface area contributed by atoms with E-state index in [1.165, 1.54) is 11.0 Å². The number of sulfonamides is 1. The number of rotatable bonds is 6. The number of fused-ring (bicyclic) bond motifs is 5. The SMILES string of the molecule is CC1(S(=O)(=O)NC(=O)[C@@]23CC2/C=C\CCCCC[C@@H](NC(=O)OC2CCCC2)C(=O)N2C[C@@]4(CCc5c(c(C6CC6)nc6c(F)cccc56)O4)C[C@H]2C(=O)N3)CC1. The fourth-order valence-corrected chi connectivity index (χ4v) is 10.8. The van der Waals surface area contributed by atoms with E-state index in [4.69, 9.17) is 14.5 Å². The van der Waals surface area contributed by atoms with E-state index in [-0.39, 0.29) is 31.4 Å². The first-order chi connectivity index (χ1) is 27.3. The van der Waals surface area contributed by atoms with Gasteiger partial charge in [-0.05, 0) is 103 Å². The number of benzene rings is 1. The second kappa shape index (κ2) is 14.2. The number of allylic oxidation sites excluding steroid dienone is 1. The molecule has 4 amide bonds. The first kappa shape index (κ1) is 38.3. The van der Waals surface area contributed by atoms with Gasteiger partial charge >= 0.3 is 6.09 Å². The minimum Gasteiger partial charge on any atom is -0.483 e. The highest BCUT2D eigenvalue weighted by Crippen LogP contribution is 2.52. The van der Waals surface area contributed by atoms with Crippen molar-refractivity contribution in [2.45, 2.75) is 156 Å². The number of hydrogen-bond acceptors (Lipinski definition) is 9. The van der Waals surface area contributed by atoms with Gasteiger partial charge in [-0.15, -0.1) is 0 Å². The molecule has 1 aromatic carbocycles. The number of hydrogen-bond donors (Lipinski definition) is 3. The van der Waals surface area contributed by atoms with Crippen LogP contribution < -0.4 is 20.1 Å². The Kier molecular flexibility index (Phi) is 9.55. The molecule has 5 fully saturated rings. The number of nitrogens with one attached hydrogen (secondary N) is 3. The van der Waals surface area contributed by atoms with Crippen LogP contribution in [0.5, 0.6) is 5.75 Å². The van der Waals surface area contributed by atoms with E-state index in [1.807, 2.05) is 18.2 Å². The zero-order valence-corrected chi connectivity index (χ0v) is 33.3. The van der Waals surface area contributed by atoms with E-state index < -0.39 is 73.5 Å². The van der Waals surface area contributed by atoms with Gasteiger partial charge in [-0.1, -0.05) is 37.1 Å². The summed E-state index contributed by atoms with van der Waals surface area (Å²) in [4.78, 5) is 63.1. The van der Waals surface area contributed by atoms with Gasteiger partial charge < -0.3 is 25.0 Å². The van der Waals surface area contributed by atoms with Crippen LogP contribution in [0.3, 0.4) is 0 Å². The molecule has 2 aromatic rings. The standard InChI is InChI=1S/C42H52FN5O8S/c1-40(20-21-40)57(53,54)47-38(51)42-22-26(42)10-5-3-2-4-6-15-31(44-39(52)55-27-11-7-8-12-27)37(50)48-24-41(23-32(48)36(49)46-42)19-18-29-28-13-9-14-30(43)34(28)45-33(25-16-17-25)35(29)56-41/h5,9-10,13-14,25-27,31-32H,2-4,6-8,11-12,15-24H2,1H3,(H,44,52)(H,46,49)(H,47,51)/b10-5-/t26?,31-,32+,41-,42-/m1/s1. The molecule has 0 bridgehead atoms. The molecule has 13 nitrogen and oxygen atoms in total. The zero-order chi connectivity index (χ0) is 39.7. The molecular weight excluding hydrogens is 754 g/mol. The number of carbonyl (C=O) groups excluding carboxylic acids is 4. The summed E-state index contributed by atoms with van der Waals surface area (Å²) in [6.45, 7) is 1.63. The van der Waals surface area contributed by atoms with Gasteiger partial charge in [0.25, 0.3) is 5.91 Å². The normalized spacial score (nSPS) is 31.8. The number of pyridine rings is 1. The number of nitrogens with zero attached hydrogens (tertiary/aromatic N) is 2. The second-order valence-electron chi connectivity index (χ2n) is 17.9. The van der Waals surface area contributed by atoms with E-state index in [0.717, 1.165) is 56.9 Å². The van der Waals surface area contributed by atoms with Crippen LogP contribution in [0.2, 0.25) is 0 Å². The third-order valence-corrected chi connectivity index (χ3v) is 15.8. The van der Waals surface area contributed by atoms with Crippen LogP contribution in [-0.4, -0.2) is 82.7 Å². The predicted molar refractivity (Wildman–Crippen MR) is 207 cm³/mol. The molecule has 7 aliphatic rings. The summed E-state index contributed by atoms with van der Waals surface area (Å²) >= 11 is 0. The summed E-state index contributed by atoms with van der Waals surface area (Å²) in [5.41, 5.74) is -0.704. The maximum atomic E-state index is 15.1. The quantitative estimate of drug-likeness (QED) is 0.326. The summed E-state index contributed by atoms with van der Waals surface area (Å²) < 4.78 is 55.6. The average molecular weight is 806 g/mol. The van der Waals surface area contributed by atoms with Gasteiger partial charge in [0.15, 0.2) is 0 Å². The molecular formula is C42H52FN5O8S. The molecule has 1 spiro atoms. The van der Waals surface area contributed by atoms with Crippen molar-refractivity contribution >= 4 is 44.7 Å². The molecule has 5 atom stereocenters. The Hall–Kier alpha value is -4.27. The van der Waals surface area contributed by atoms with Crippen molar-refractivity contribution in [2.24, 2.45) is 5.92 Å². The summed E-state index contributed by atoms with van der Waals surface area (Å²) in [6.07, 6.45) is 13.6. The number of aryl methyl sites for hydroxylation is 1. The maximum absolute atomic E-state index is 15.1. The fourth-order valence-electron chi connectivity index (χ4n) is 9.51. The van der Waals surface area contributed by atoms with Gasteiger partial charge in [0.05, 0.1) is 17.0 Å². The van der Waals surface area contributed by atoms with Gasteiger partial charge in [0.2, 0.25) is 21.8 Å². The largest absolute Gasteiger partial charge is 0.483 e. The number of ether oxygens (including phenoxy) is 2. The van der Waals surface area contributed by atoms with Gasteiger partial charge in [0, 0.05) is 29.2 Å². The minimum atomic E-state index is -4.00. The molecule has 1 saturated heterocycles. The fraction of sp³-hybridized carbons (Fsp3) is 0.643. The first-order valence-corrected chi connectivity index (χ1v) is 22.4. The molecule has 1 aromatic heterocycles. The Bertz CT molecular complexity index is 2150. The van der Waals surface area contributed by atoms with Crippen LogP contribution in [0, 0.1) is 11.7 Å². The number of halogens is 1. The zero-order valence-electron chi connectivity index (χ0n) is 32.4. The summed E-state index contributed by atoms with van der Waals surface area (Å²) in [5, 5.41) is 6.48. The van der Waals surface area contributed by atoms with Gasteiger partial charge in [-0.25, -0.2) is 22.6 Å². The predicted octanol–water partition coefficient (Wildman–Crippen LogP) is 5.35. The van der Waals surface area contributed by atoms with E-state index in [9.17, 15) is 27.6 Å². The Labute approximate surface area is 332 Å². The number of amides is 4. The summed E-state index contributed by atoms with van der Waals surface area (Å²) in [5.74, 6) is -1.98. The smallest absolute Gasteiger partial charge is 0.408 e. The highest BCUT2D eigenvalue weighted by Gasteiger charge is 2.64. The number of carbonyl (C=O) groups is 4. The lowest BCUT2D eigenvalue weighted by Gasteiger charge is -2.37. The number of aromatic nitrogens is 1. The first-order valence-electron chi connectivity index (χ1n) is 20.9. The van der Waals surface area contributed by atoms with Crippen molar-refractivity contribution in [2.75, 3.05) is 6.54 Å². The van der Waals surface area contributed by atoms with Crippen molar-refractivity contribution in [1.29, 1.82) is 0 Å². The second-order valence-corrected chi connectivity index (χ2v) is 20.1. The van der Waals surface area contributed by atoms with E-state index in [2.05, 4.69) is 15.4 Å². The topological polar surface area (TPSA) is 173 Å². The lowest BCUT2D eigenvalue weighted by atomic mass is 9.86. The average Bonchev–Trinajstić information content (AvgIpc) is 4.14. The molecule has 3 N–H and O–H groups in total. The number of alkyl carbamates (subject to hydrolysis) is 1. The molecule has 306 valence electrons. The van der Waals surface area contributed by atoms with Gasteiger partial charge in [0.1, 0.15) is 46.4 Å². The van der Waals surface area contributed by atoms with Crippen molar-refractivity contribution in [3.8, 4) is 5.75 Å². The van der Waals surface area contributed by atoms with Crippen molar-refractivity contribution < 1.29 is 41.5 Å². The summed E-state index contributed by atoms with van der Waals surface area (Å²) in [6, 6.07) is 2.81. The van der Waals surface area contributed by atoms with Crippen molar-refractivity contribution in [3.63, 3.8) is 0 Å². The Morgan fingerprint density at radius 3 is 2.54 bits per heavy atom. The maximum Gasteiger partial charge on any atom is 0.408 e. The van der Waals surface area contributed by atoms with E-state index in [0.29, 0.717) is 67.3 Å². The van der Waals surface area contributed by atoms with Crippen LogP contribution in [-0.2, 0) is 35.6 Å². The number of para-hydroxylation sites is 1. The Morgan fingerprint density at radius 2 is 1.79 bits per heavy atom. The Morgan fingerprint density at radius 1 is 1.02 bits per heavy atom. The molecule has 0 radical (unpaired) electrons. The third-order valence-electron chi connectivity index (χ3n) is 13.6. The molecule has 57 heavy (non-hydrogen) atoms. The molecule has 9 rings (SSSR count). The van der Waals surface area contributed by atoms with E-state index >= 15 is 4.39 Å². The van der Waals surface area contributed by atoms with Crippen molar-refractivity contribution in [1.82, 2.24) is 25.2 Å². The molecule has 15 heteroatoms. The van der Waals surface area contributed by atoms with Crippen LogP contribution in [0.15, 0.2) is 30.4 Å². The monoisotopic (exact) mass is 805 g/mol. The lowest BCUT2D eigenvalue weighted by Crippen LogP contribution is -2.58. The Balaban J connectivity index is 1.06. The van der Waals surface area contributed by atoms with Gasteiger partial charge in [-0.2, -0.15) is 0 Å². The molecule has 1 unspecified atom stereocenters. The highest BCUT2D eigenvalue weighted by atomic mass is 32.2. The highest BCUT2D eigenvalue weighted by molar-refractivity contribution is 7.91. The lowest BCUT2D eigenvalue weighted by molar-refractivity contribution is -0.141. The van der Waals surface area contributed by atoms with Crippen LogP contribution >= 0.6 is 0 Å². The van der Waals surface area contributed by atoms with Crippen LogP contribution in [0.1, 0.15) is 127 Å². The van der Waals surface area contributed by atoms with E-state index in [1.54, 1.807) is 13.0 Å². The summed E-state index contributed by atoms with van der Waals surface area (Å²) in [7, 11) is -4.00.